The van der Waals surface area contributed by atoms with Crippen molar-refractivity contribution >= 4 is 34.1 Å². The first kappa shape index (κ1) is 18.8. The molecule has 2 rings (SSSR count). The molecular formula is C18H17BrN2O4. The fourth-order valence-electron chi connectivity index (χ4n) is 1.88. The van der Waals surface area contributed by atoms with E-state index < -0.39 is 17.5 Å². The molecule has 0 spiro atoms. The minimum Gasteiger partial charge on any atom is -0.479 e. The molecular weight excluding hydrogens is 388 g/mol. The molecule has 0 bridgehead atoms. The summed E-state index contributed by atoms with van der Waals surface area (Å²) in [5.41, 5.74) is -0.249. The van der Waals surface area contributed by atoms with E-state index in [-0.39, 0.29) is 0 Å². The van der Waals surface area contributed by atoms with E-state index >= 15 is 0 Å². The Morgan fingerprint density at radius 3 is 2.76 bits per heavy atom. The van der Waals surface area contributed by atoms with Crippen molar-refractivity contribution in [3.05, 3.63) is 58.3 Å². The maximum Gasteiger partial charge on any atom is 0.345 e. The summed E-state index contributed by atoms with van der Waals surface area (Å²) in [6, 6.07) is 8.26. The Hall–Kier alpha value is -2.54. The van der Waals surface area contributed by atoms with Gasteiger partial charge in [0.05, 0.1) is 5.56 Å². The number of esters is 1. The molecule has 1 atom stereocenters. The SMILES string of the molecule is CCC(C)(N=Cc1cc(Br)cc(OC(=O)c2cccnc2)c1)C(=O)O. The lowest BCUT2D eigenvalue weighted by molar-refractivity contribution is -0.142. The summed E-state index contributed by atoms with van der Waals surface area (Å²) >= 11 is 3.34. The van der Waals surface area contributed by atoms with E-state index in [0.29, 0.717) is 27.8 Å². The molecule has 0 aliphatic carbocycles. The zero-order valence-electron chi connectivity index (χ0n) is 13.8. The number of hydrogen-bond donors (Lipinski definition) is 1. The molecule has 0 saturated carbocycles. The van der Waals surface area contributed by atoms with E-state index in [1.807, 2.05) is 0 Å². The van der Waals surface area contributed by atoms with Crippen molar-refractivity contribution in [2.75, 3.05) is 0 Å². The Morgan fingerprint density at radius 1 is 1.40 bits per heavy atom. The first-order valence-electron chi connectivity index (χ1n) is 7.55. The Bertz CT molecular complexity index is 808. The zero-order valence-corrected chi connectivity index (χ0v) is 15.4. The number of carboxylic acid groups (broad SMARTS) is 1. The molecule has 1 aromatic carbocycles. The molecule has 0 saturated heterocycles. The third-order valence-corrected chi connectivity index (χ3v) is 4.11. The van der Waals surface area contributed by atoms with E-state index in [4.69, 9.17) is 4.74 Å². The highest BCUT2D eigenvalue weighted by molar-refractivity contribution is 9.10. The molecule has 130 valence electrons. The fraction of sp³-hybridized carbons (Fsp3) is 0.222. The van der Waals surface area contributed by atoms with E-state index in [1.165, 1.54) is 12.4 Å². The van der Waals surface area contributed by atoms with Crippen molar-refractivity contribution in [2.45, 2.75) is 25.8 Å². The minimum atomic E-state index is -1.20. The van der Waals surface area contributed by atoms with Gasteiger partial charge in [0.2, 0.25) is 0 Å². The van der Waals surface area contributed by atoms with Crippen LogP contribution in [0.3, 0.4) is 0 Å². The van der Waals surface area contributed by atoms with Gasteiger partial charge < -0.3 is 9.84 Å². The lowest BCUT2D eigenvalue weighted by Crippen LogP contribution is -2.32. The van der Waals surface area contributed by atoms with Gasteiger partial charge in [0.25, 0.3) is 0 Å². The number of aromatic nitrogens is 1. The van der Waals surface area contributed by atoms with Crippen LogP contribution in [0.1, 0.15) is 36.2 Å². The Morgan fingerprint density at radius 2 is 2.16 bits per heavy atom. The van der Waals surface area contributed by atoms with Gasteiger partial charge in [-0.25, -0.2) is 9.59 Å². The van der Waals surface area contributed by atoms with Gasteiger partial charge in [-0.1, -0.05) is 22.9 Å². The van der Waals surface area contributed by atoms with Gasteiger partial charge in [-0.05, 0) is 49.2 Å². The Kier molecular flexibility index (Phi) is 6.03. The average molecular weight is 405 g/mol. The normalized spacial score (nSPS) is 13.4. The molecule has 0 aliphatic rings. The lowest BCUT2D eigenvalue weighted by atomic mass is 10.0. The van der Waals surface area contributed by atoms with Crippen LogP contribution in [0.2, 0.25) is 0 Å². The number of rotatable bonds is 6. The van der Waals surface area contributed by atoms with Gasteiger partial charge in [-0.3, -0.25) is 9.98 Å². The number of carbonyl (C=O) groups is 2. The van der Waals surface area contributed by atoms with Crippen molar-refractivity contribution in [3.63, 3.8) is 0 Å². The summed E-state index contributed by atoms with van der Waals surface area (Å²) < 4.78 is 6.02. The molecule has 6 nitrogen and oxygen atoms in total. The second-order valence-corrected chi connectivity index (χ2v) is 6.46. The van der Waals surface area contributed by atoms with Gasteiger partial charge in [0.15, 0.2) is 5.54 Å². The van der Waals surface area contributed by atoms with Crippen LogP contribution < -0.4 is 4.74 Å². The molecule has 1 aromatic heterocycles. The van der Waals surface area contributed by atoms with Crippen LogP contribution in [-0.2, 0) is 4.79 Å². The number of hydrogen-bond acceptors (Lipinski definition) is 5. The van der Waals surface area contributed by atoms with Crippen LogP contribution in [0, 0.1) is 0 Å². The van der Waals surface area contributed by atoms with Gasteiger partial charge in [0, 0.05) is 23.1 Å². The third-order valence-electron chi connectivity index (χ3n) is 3.65. The number of nitrogens with zero attached hydrogens (tertiary/aromatic N) is 2. The van der Waals surface area contributed by atoms with Crippen LogP contribution in [0.4, 0.5) is 0 Å². The molecule has 25 heavy (non-hydrogen) atoms. The van der Waals surface area contributed by atoms with E-state index in [0.717, 1.165) is 0 Å². The molecule has 1 N–H and O–H groups in total. The number of carbonyl (C=O) groups excluding carboxylic acids is 1. The van der Waals surface area contributed by atoms with Crippen LogP contribution in [0.15, 0.2) is 52.2 Å². The molecule has 0 amide bonds. The first-order valence-corrected chi connectivity index (χ1v) is 8.35. The second-order valence-electron chi connectivity index (χ2n) is 5.54. The van der Waals surface area contributed by atoms with E-state index in [1.54, 1.807) is 50.4 Å². The first-order chi connectivity index (χ1) is 11.8. The summed E-state index contributed by atoms with van der Waals surface area (Å²) in [5, 5.41) is 9.27. The van der Waals surface area contributed by atoms with Crippen molar-refractivity contribution in [1.82, 2.24) is 4.98 Å². The largest absolute Gasteiger partial charge is 0.479 e. The van der Waals surface area contributed by atoms with Crippen molar-refractivity contribution in [3.8, 4) is 5.75 Å². The summed E-state index contributed by atoms with van der Waals surface area (Å²) in [6.45, 7) is 3.31. The Balaban J connectivity index is 2.23. The van der Waals surface area contributed by atoms with Crippen molar-refractivity contribution < 1.29 is 19.4 Å². The fourth-order valence-corrected chi connectivity index (χ4v) is 2.37. The topological polar surface area (TPSA) is 88.9 Å². The maximum atomic E-state index is 12.1. The van der Waals surface area contributed by atoms with Gasteiger partial charge in [0.1, 0.15) is 5.75 Å². The Labute approximate surface area is 153 Å². The lowest BCUT2D eigenvalue weighted by Gasteiger charge is -2.17. The van der Waals surface area contributed by atoms with Gasteiger partial charge in [-0.2, -0.15) is 0 Å². The monoisotopic (exact) mass is 404 g/mol. The predicted octanol–water partition coefficient (Wildman–Crippen LogP) is 3.74. The zero-order chi connectivity index (χ0) is 18.4. The van der Waals surface area contributed by atoms with Gasteiger partial charge in [-0.15, -0.1) is 0 Å². The minimum absolute atomic E-state index is 0.318. The van der Waals surface area contributed by atoms with Gasteiger partial charge >= 0.3 is 11.9 Å². The highest BCUT2D eigenvalue weighted by atomic mass is 79.9. The summed E-state index contributed by atoms with van der Waals surface area (Å²) in [6.07, 6.45) is 4.80. The van der Waals surface area contributed by atoms with Crippen molar-refractivity contribution in [1.29, 1.82) is 0 Å². The van der Waals surface area contributed by atoms with E-state index in [9.17, 15) is 14.7 Å². The van der Waals surface area contributed by atoms with E-state index in [2.05, 4.69) is 25.9 Å². The molecule has 0 aliphatic heterocycles. The van der Waals surface area contributed by atoms with Crippen LogP contribution in [-0.4, -0.2) is 33.8 Å². The standard InChI is InChI=1S/C18H17BrN2O4/c1-3-18(2,17(23)24)21-10-12-7-14(19)9-15(8-12)25-16(22)13-5-4-6-20-11-13/h4-11H,3H2,1-2H3,(H,23,24). The molecule has 1 heterocycles. The number of halogens is 1. The number of aliphatic imine (C=N–C) groups is 1. The summed E-state index contributed by atoms with van der Waals surface area (Å²) in [5.74, 6) is -1.21. The molecule has 7 heteroatoms. The smallest absolute Gasteiger partial charge is 0.345 e. The number of aliphatic carboxylic acids is 1. The van der Waals surface area contributed by atoms with Crippen LogP contribution in [0.25, 0.3) is 0 Å². The molecule has 2 aromatic rings. The van der Waals surface area contributed by atoms with Crippen LogP contribution >= 0.6 is 15.9 Å². The average Bonchev–Trinajstić information content (AvgIpc) is 2.59. The highest BCUT2D eigenvalue weighted by Crippen LogP contribution is 2.23. The number of pyridine rings is 1. The number of carboxylic acids is 1. The summed E-state index contributed by atoms with van der Waals surface area (Å²) in [7, 11) is 0. The predicted molar refractivity (Wildman–Crippen MR) is 97.3 cm³/mol. The number of ether oxygens (including phenoxy) is 1. The second kappa shape index (κ2) is 8.02. The van der Waals surface area contributed by atoms with Crippen LogP contribution in [0.5, 0.6) is 5.75 Å². The maximum absolute atomic E-state index is 12.1. The molecule has 0 radical (unpaired) electrons. The third kappa shape index (κ3) is 4.96. The highest BCUT2D eigenvalue weighted by Gasteiger charge is 2.29. The summed E-state index contributed by atoms with van der Waals surface area (Å²) in [4.78, 5) is 31.5. The quantitative estimate of drug-likeness (QED) is 0.449. The van der Waals surface area contributed by atoms with Crippen molar-refractivity contribution in [2.24, 2.45) is 4.99 Å². The molecule has 0 fully saturated rings. The molecule has 1 unspecified atom stereocenters. The number of benzene rings is 1.